The summed E-state index contributed by atoms with van der Waals surface area (Å²) >= 11 is 12.5. The van der Waals surface area contributed by atoms with E-state index in [2.05, 4.69) is 16.5 Å². The number of rotatable bonds is 4. The molecule has 1 aliphatic heterocycles. The second-order valence-corrected chi connectivity index (χ2v) is 7.20. The molecule has 0 spiro atoms. The monoisotopic (exact) mass is 527 g/mol. The third-order valence-electron chi connectivity index (χ3n) is 4.49. The van der Waals surface area contributed by atoms with Gasteiger partial charge in [0.2, 0.25) is 0 Å². The van der Waals surface area contributed by atoms with E-state index in [0.717, 1.165) is 11.3 Å². The predicted molar refractivity (Wildman–Crippen MR) is 125 cm³/mol. The number of benzene rings is 3. The Kier molecular flexibility index (Phi) is 10.2. The van der Waals surface area contributed by atoms with Crippen molar-refractivity contribution in [2.75, 3.05) is 10.3 Å². The summed E-state index contributed by atoms with van der Waals surface area (Å²) < 4.78 is 0. The van der Waals surface area contributed by atoms with Crippen LogP contribution in [0.15, 0.2) is 77.9 Å². The number of carbonyl (C=O) groups is 1. The molecule has 0 saturated heterocycles. The summed E-state index contributed by atoms with van der Waals surface area (Å²) in [6.07, 6.45) is 0.460. The first kappa shape index (κ1) is 25.5. The Balaban J connectivity index is 0.00000111. The van der Waals surface area contributed by atoms with Crippen molar-refractivity contribution in [3.05, 3.63) is 94.5 Å². The molecule has 4 rings (SSSR count). The van der Waals surface area contributed by atoms with Crippen LogP contribution in [0.25, 0.3) is 0 Å². The van der Waals surface area contributed by atoms with Gasteiger partial charge in [0.15, 0.2) is 0 Å². The molecular weight excluding hydrogens is 506 g/mol. The molecule has 31 heavy (non-hydrogen) atoms. The molecule has 0 aromatic heterocycles. The molecule has 3 aromatic rings. The van der Waals surface area contributed by atoms with Gasteiger partial charge in [-0.05, 0) is 30.3 Å². The van der Waals surface area contributed by atoms with E-state index in [1.165, 1.54) is 0 Å². The van der Waals surface area contributed by atoms with Gasteiger partial charge in [-0.1, -0.05) is 55.2 Å². The van der Waals surface area contributed by atoms with Crippen LogP contribution < -0.4 is 10.3 Å². The van der Waals surface area contributed by atoms with Crippen molar-refractivity contribution in [1.82, 2.24) is 0 Å². The number of nitrogens with one attached hydrogen (secondary N) is 1. The number of anilines is 2. The standard InChI is InChI=1S/C22H16Cl2N3O.C2H6.Y/c23-16-11-12-20(18(24)13-16)27-21(15-7-3-1-4-8-15)14-19(26-27)22(28)25-17-9-5-2-6-10-17;1-2;/h2-13,21H,14H2,(H,25,28);1-2H3;/q-1;;. The molecule has 157 valence electrons. The first-order chi connectivity index (χ1) is 14.6. The fourth-order valence-electron chi connectivity index (χ4n) is 3.14. The van der Waals surface area contributed by atoms with Crippen LogP contribution >= 0.6 is 23.2 Å². The van der Waals surface area contributed by atoms with Crippen molar-refractivity contribution in [2.24, 2.45) is 5.10 Å². The van der Waals surface area contributed by atoms with Gasteiger partial charge >= 0.3 is 0 Å². The molecule has 7 heteroatoms. The number of para-hydroxylation sites is 1. The molecule has 0 aliphatic carbocycles. The minimum atomic E-state index is -0.230. The van der Waals surface area contributed by atoms with Crippen molar-refractivity contribution in [3.63, 3.8) is 0 Å². The zero-order chi connectivity index (χ0) is 21.5. The molecule has 3 aromatic carbocycles. The number of nitrogens with zero attached hydrogens (tertiary/aromatic N) is 2. The van der Waals surface area contributed by atoms with Gasteiger partial charge in [-0.2, -0.15) is 35.4 Å². The second-order valence-electron chi connectivity index (χ2n) is 6.36. The second kappa shape index (κ2) is 12.4. The number of amides is 1. The van der Waals surface area contributed by atoms with Crippen molar-refractivity contribution in [1.29, 1.82) is 0 Å². The average Bonchev–Trinajstić information content (AvgIpc) is 3.22. The molecular formula is C24H22Cl2N3OY-. The van der Waals surface area contributed by atoms with Crippen molar-refractivity contribution in [2.45, 2.75) is 26.3 Å². The first-order valence-electron chi connectivity index (χ1n) is 9.76. The van der Waals surface area contributed by atoms with Crippen LogP contribution in [-0.4, -0.2) is 11.6 Å². The minimum Gasteiger partial charge on any atom is -0.321 e. The fourth-order valence-corrected chi connectivity index (χ4v) is 3.64. The predicted octanol–water partition coefficient (Wildman–Crippen LogP) is 6.76. The van der Waals surface area contributed by atoms with Gasteiger partial charge in [0, 0.05) is 49.8 Å². The maximum atomic E-state index is 12.8. The zero-order valence-corrected chi connectivity index (χ0v) is 21.7. The van der Waals surface area contributed by atoms with Gasteiger partial charge < -0.3 is 5.32 Å². The van der Waals surface area contributed by atoms with Crippen LogP contribution in [0.4, 0.5) is 11.4 Å². The summed E-state index contributed by atoms with van der Waals surface area (Å²) in [6.45, 7) is 4.00. The van der Waals surface area contributed by atoms with E-state index in [-0.39, 0.29) is 44.7 Å². The Morgan fingerprint density at radius 1 is 1.06 bits per heavy atom. The summed E-state index contributed by atoms with van der Waals surface area (Å²) in [7, 11) is 0. The number of hydrogen-bond donors (Lipinski definition) is 1. The molecule has 1 radical (unpaired) electrons. The van der Waals surface area contributed by atoms with Crippen LogP contribution in [0.2, 0.25) is 10.0 Å². The normalized spacial score (nSPS) is 14.6. The Morgan fingerprint density at radius 2 is 1.74 bits per heavy atom. The molecule has 0 saturated carbocycles. The number of carbonyl (C=O) groups excluding carboxylic acids is 1. The van der Waals surface area contributed by atoms with E-state index >= 15 is 0 Å². The van der Waals surface area contributed by atoms with Crippen molar-refractivity contribution >= 4 is 46.2 Å². The molecule has 1 amide bonds. The molecule has 0 fully saturated rings. The number of halogens is 2. The quantitative estimate of drug-likeness (QED) is 0.381. The Morgan fingerprint density at radius 3 is 2.39 bits per heavy atom. The van der Waals surface area contributed by atoms with Crippen molar-refractivity contribution < 1.29 is 37.5 Å². The molecule has 0 bridgehead atoms. The van der Waals surface area contributed by atoms with E-state index in [0.29, 0.717) is 27.9 Å². The molecule has 1 N–H and O–H groups in total. The molecule has 1 atom stereocenters. The number of hydrogen-bond acceptors (Lipinski definition) is 3. The van der Waals surface area contributed by atoms with Gasteiger partial charge in [0.25, 0.3) is 5.91 Å². The van der Waals surface area contributed by atoms with Crippen LogP contribution in [0.3, 0.4) is 0 Å². The minimum absolute atomic E-state index is 0. The summed E-state index contributed by atoms with van der Waals surface area (Å²) in [5.74, 6) is -0.230. The van der Waals surface area contributed by atoms with Crippen LogP contribution in [0, 0.1) is 6.07 Å². The number of hydrazone groups is 1. The molecule has 1 unspecified atom stereocenters. The van der Waals surface area contributed by atoms with Gasteiger partial charge in [-0.25, -0.2) is 0 Å². The third-order valence-corrected chi connectivity index (χ3v) is 5.03. The van der Waals surface area contributed by atoms with E-state index in [4.69, 9.17) is 23.2 Å². The summed E-state index contributed by atoms with van der Waals surface area (Å²) in [5.41, 5.74) is 2.89. The Bertz CT molecular complexity index is 1030. The van der Waals surface area contributed by atoms with E-state index in [1.54, 1.807) is 17.1 Å². The molecule has 4 nitrogen and oxygen atoms in total. The van der Waals surface area contributed by atoms with Gasteiger partial charge in [-0.3, -0.25) is 9.80 Å². The van der Waals surface area contributed by atoms with E-state index in [9.17, 15) is 4.79 Å². The van der Waals surface area contributed by atoms with Gasteiger partial charge in [0.05, 0.1) is 16.8 Å². The van der Waals surface area contributed by atoms with Crippen LogP contribution in [0.5, 0.6) is 0 Å². The first-order valence-corrected chi connectivity index (χ1v) is 10.5. The third kappa shape index (κ3) is 6.39. The fraction of sp³-hybridized carbons (Fsp3) is 0.167. The Labute approximate surface area is 218 Å². The molecule has 1 aliphatic rings. The summed E-state index contributed by atoms with van der Waals surface area (Å²) in [5, 5.41) is 10.3. The van der Waals surface area contributed by atoms with Gasteiger partial charge in [-0.15, -0.1) is 5.56 Å². The summed E-state index contributed by atoms with van der Waals surface area (Å²) in [4.78, 5) is 12.8. The molecule has 1 heterocycles. The maximum absolute atomic E-state index is 12.8. The van der Waals surface area contributed by atoms with E-state index < -0.39 is 0 Å². The summed E-state index contributed by atoms with van der Waals surface area (Å²) in [6, 6.07) is 25.1. The van der Waals surface area contributed by atoms with Crippen molar-refractivity contribution in [3.8, 4) is 0 Å². The average molecular weight is 528 g/mol. The SMILES string of the molecule is CC.O=C(Nc1ccccc1)C1=NN(c2ccc(Cl)cc2Cl)C(c2cc[c-]cc2)C1.[Y]. The zero-order valence-electron chi connectivity index (χ0n) is 17.3. The topological polar surface area (TPSA) is 44.7 Å². The smallest absolute Gasteiger partial charge is 0.271 e. The maximum Gasteiger partial charge on any atom is 0.271 e. The largest absolute Gasteiger partial charge is 0.321 e. The van der Waals surface area contributed by atoms with Gasteiger partial charge in [0.1, 0.15) is 5.71 Å². The van der Waals surface area contributed by atoms with Crippen LogP contribution in [0.1, 0.15) is 31.9 Å². The Hall–Kier alpha value is -1.72. The van der Waals surface area contributed by atoms with Crippen LogP contribution in [-0.2, 0) is 37.5 Å². The van der Waals surface area contributed by atoms with E-state index in [1.807, 2.05) is 74.5 Å².